The Bertz CT molecular complexity index is 438. The molecule has 3 nitrogen and oxygen atoms in total. The smallest absolute Gasteiger partial charge is 0.304 e. The van der Waals surface area contributed by atoms with Crippen LogP contribution in [0, 0.1) is 5.82 Å². The van der Waals surface area contributed by atoms with Gasteiger partial charge in [-0.3, -0.25) is 4.79 Å². The molecule has 1 aromatic carbocycles. The van der Waals surface area contributed by atoms with Gasteiger partial charge in [0.05, 0.1) is 13.5 Å². The minimum Gasteiger partial charge on any atom is -0.496 e. The molecule has 1 N–H and O–H groups in total. The van der Waals surface area contributed by atoms with Crippen molar-refractivity contribution in [2.75, 3.05) is 7.11 Å². The summed E-state index contributed by atoms with van der Waals surface area (Å²) in [5.41, 5.74) is 0.243. The molecule has 1 fully saturated rings. The topological polar surface area (TPSA) is 46.5 Å². The zero-order valence-corrected chi connectivity index (χ0v) is 9.70. The third-order valence-electron chi connectivity index (χ3n) is 3.53. The normalized spacial score (nSPS) is 17.3. The molecule has 0 amide bonds. The van der Waals surface area contributed by atoms with Gasteiger partial charge < -0.3 is 9.84 Å². The van der Waals surface area contributed by atoms with Crippen molar-refractivity contribution in [1.82, 2.24) is 0 Å². The second kappa shape index (κ2) is 4.35. The maximum absolute atomic E-state index is 13.3. The molecule has 0 atom stereocenters. The maximum Gasteiger partial charge on any atom is 0.304 e. The van der Waals surface area contributed by atoms with Crippen LogP contribution in [0.15, 0.2) is 18.2 Å². The maximum atomic E-state index is 13.3. The van der Waals surface area contributed by atoms with Gasteiger partial charge in [0, 0.05) is 11.0 Å². The molecule has 0 saturated heterocycles. The van der Waals surface area contributed by atoms with E-state index in [2.05, 4.69) is 0 Å². The van der Waals surface area contributed by atoms with E-state index in [0.717, 1.165) is 19.3 Å². The van der Waals surface area contributed by atoms with Crippen LogP contribution in [0.4, 0.5) is 4.39 Å². The highest BCUT2D eigenvalue weighted by Crippen LogP contribution is 2.49. The van der Waals surface area contributed by atoms with Gasteiger partial charge in [-0.25, -0.2) is 4.39 Å². The Balaban J connectivity index is 2.42. The van der Waals surface area contributed by atoms with E-state index < -0.39 is 11.4 Å². The number of carbonyl (C=O) groups is 1. The molecule has 4 heteroatoms. The van der Waals surface area contributed by atoms with E-state index in [1.54, 1.807) is 6.07 Å². The highest BCUT2D eigenvalue weighted by molar-refractivity contribution is 5.70. The molecule has 0 heterocycles. The molecule has 1 saturated carbocycles. The first kappa shape index (κ1) is 11.9. The molecule has 0 aromatic heterocycles. The van der Waals surface area contributed by atoms with Crippen LogP contribution < -0.4 is 4.74 Å². The highest BCUT2D eigenvalue weighted by Gasteiger charge is 2.42. The summed E-state index contributed by atoms with van der Waals surface area (Å²) in [5.74, 6) is -0.624. The minimum absolute atomic E-state index is 0.0345. The van der Waals surface area contributed by atoms with Crippen LogP contribution in [0.2, 0.25) is 0 Å². The van der Waals surface area contributed by atoms with E-state index in [9.17, 15) is 9.18 Å². The molecule has 17 heavy (non-hydrogen) atoms. The largest absolute Gasteiger partial charge is 0.496 e. The minimum atomic E-state index is -0.851. The number of carboxylic acid groups (broad SMARTS) is 1. The summed E-state index contributed by atoms with van der Waals surface area (Å²) in [6.07, 6.45) is 2.57. The first-order valence-electron chi connectivity index (χ1n) is 5.63. The molecule has 0 aliphatic heterocycles. The van der Waals surface area contributed by atoms with Crippen LogP contribution in [-0.2, 0) is 10.2 Å². The molecule has 0 radical (unpaired) electrons. The van der Waals surface area contributed by atoms with Crippen molar-refractivity contribution in [2.24, 2.45) is 0 Å². The predicted molar refractivity (Wildman–Crippen MR) is 60.7 cm³/mol. The van der Waals surface area contributed by atoms with Gasteiger partial charge in [-0.05, 0) is 31.0 Å². The standard InChI is InChI=1S/C13H15FO3/c1-17-11-4-3-9(14)7-10(11)13(5-2-6-13)8-12(15)16/h3-4,7H,2,5-6,8H2,1H3,(H,15,16). The number of benzene rings is 1. The molecule has 0 spiro atoms. The average molecular weight is 238 g/mol. The van der Waals surface area contributed by atoms with Crippen LogP contribution in [0.5, 0.6) is 5.75 Å². The van der Waals surface area contributed by atoms with Gasteiger partial charge in [0.25, 0.3) is 0 Å². The van der Waals surface area contributed by atoms with E-state index in [1.807, 2.05) is 0 Å². The van der Waals surface area contributed by atoms with E-state index in [4.69, 9.17) is 9.84 Å². The lowest BCUT2D eigenvalue weighted by molar-refractivity contribution is -0.139. The Morgan fingerprint density at radius 3 is 2.71 bits per heavy atom. The lowest BCUT2D eigenvalue weighted by Gasteiger charge is -2.42. The Hall–Kier alpha value is -1.58. The summed E-state index contributed by atoms with van der Waals surface area (Å²) < 4.78 is 18.5. The number of aliphatic carboxylic acids is 1. The summed E-state index contributed by atoms with van der Waals surface area (Å²) in [7, 11) is 1.52. The first-order chi connectivity index (χ1) is 8.07. The Morgan fingerprint density at radius 2 is 2.24 bits per heavy atom. The van der Waals surface area contributed by atoms with Crippen LogP contribution >= 0.6 is 0 Å². The van der Waals surface area contributed by atoms with Gasteiger partial charge in [-0.2, -0.15) is 0 Å². The molecule has 1 aromatic rings. The molecular formula is C13H15FO3. The van der Waals surface area contributed by atoms with Crippen molar-refractivity contribution in [3.63, 3.8) is 0 Å². The predicted octanol–water partition coefficient (Wildman–Crippen LogP) is 2.73. The van der Waals surface area contributed by atoms with Gasteiger partial charge in [0.1, 0.15) is 11.6 Å². The molecule has 1 aliphatic rings. The van der Waals surface area contributed by atoms with Crippen molar-refractivity contribution in [1.29, 1.82) is 0 Å². The van der Waals surface area contributed by atoms with Gasteiger partial charge in [0.2, 0.25) is 0 Å². The van der Waals surface area contributed by atoms with Gasteiger partial charge >= 0.3 is 5.97 Å². The van der Waals surface area contributed by atoms with E-state index >= 15 is 0 Å². The van der Waals surface area contributed by atoms with Crippen LogP contribution in [0.25, 0.3) is 0 Å². The number of rotatable bonds is 4. The van der Waals surface area contributed by atoms with Crippen molar-refractivity contribution in [3.8, 4) is 5.75 Å². The van der Waals surface area contributed by atoms with Crippen molar-refractivity contribution in [2.45, 2.75) is 31.1 Å². The zero-order chi connectivity index (χ0) is 12.5. The van der Waals surface area contributed by atoms with E-state index in [0.29, 0.717) is 11.3 Å². The van der Waals surface area contributed by atoms with Gasteiger partial charge in [0.15, 0.2) is 0 Å². The molecule has 2 rings (SSSR count). The quantitative estimate of drug-likeness (QED) is 0.877. The lowest BCUT2D eigenvalue weighted by Crippen LogP contribution is -2.37. The summed E-state index contributed by atoms with van der Waals surface area (Å²) in [6, 6.07) is 4.29. The van der Waals surface area contributed by atoms with Crippen molar-refractivity contribution in [3.05, 3.63) is 29.6 Å². The summed E-state index contributed by atoms with van der Waals surface area (Å²) in [6.45, 7) is 0. The molecule has 92 valence electrons. The van der Waals surface area contributed by atoms with Gasteiger partial charge in [-0.1, -0.05) is 6.42 Å². The fourth-order valence-electron chi connectivity index (χ4n) is 2.53. The first-order valence-corrected chi connectivity index (χ1v) is 5.63. The molecule has 0 bridgehead atoms. The molecule has 0 unspecified atom stereocenters. The third kappa shape index (κ3) is 2.12. The van der Waals surface area contributed by atoms with E-state index in [-0.39, 0.29) is 12.2 Å². The number of ether oxygens (including phenoxy) is 1. The summed E-state index contributed by atoms with van der Waals surface area (Å²) in [4.78, 5) is 10.9. The Morgan fingerprint density at radius 1 is 1.53 bits per heavy atom. The van der Waals surface area contributed by atoms with Crippen LogP contribution in [0.1, 0.15) is 31.2 Å². The monoisotopic (exact) mass is 238 g/mol. The zero-order valence-electron chi connectivity index (χ0n) is 9.70. The summed E-state index contributed by atoms with van der Waals surface area (Å²) in [5, 5.41) is 8.97. The van der Waals surface area contributed by atoms with Gasteiger partial charge in [-0.15, -0.1) is 0 Å². The molecular weight excluding hydrogens is 223 g/mol. The Kier molecular flexibility index (Phi) is 3.05. The number of hydrogen-bond acceptors (Lipinski definition) is 2. The third-order valence-corrected chi connectivity index (χ3v) is 3.53. The number of halogens is 1. The Labute approximate surface area is 99.2 Å². The number of hydrogen-bond donors (Lipinski definition) is 1. The lowest BCUT2D eigenvalue weighted by atomic mass is 9.62. The van der Waals surface area contributed by atoms with Crippen LogP contribution in [0.3, 0.4) is 0 Å². The summed E-state index contributed by atoms with van der Waals surface area (Å²) >= 11 is 0. The fourth-order valence-corrected chi connectivity index (χ4v) is 2.53. The number of methoxy groups -OCH3 is 1. The average Bonchev–Trinajstić information content (AvgIpc) is 2.23. The fraction of sp³-hybridized carbons (Fsp3) is 0.462. The molecule has 1 aliphatic carbocycles. The second-order valence-corrected chi connectivity index (χ2v) is 4.55. The SMILES string of the molecule is COc1ccc(F)cc1C1(CC(=O)O)CCC1. The highest BCUT2D eigenvalue weighted by atomic mass is 19.1. The second-order valence-electron chi connectivity index (χ2n) is 4.55. The van der Waals surface area contributed by atoms with Crippen molar-refractivity contribution >= 4 is 5.97 Å². The van der Waals surface area contributed by atoms with E-state index in [1.165, 1.54) is 19.2 Å². The van der Waals surface area contributed by atoms with Crippen LogP contribution in [-0.4, -0.2) is 18.2 Å². The number of carboxylic acids is 1. The van der Waals surface area contributed by atoms with Crippen molar-refractivity contribution < 1.29 is 19.0 Å².